The number of methoxy groups -OCH3 is 1. The van der Waals surface area contributed by atoms with Crippen molar-refractivity contribution in [3.05, 3.63) is 71.3 Å². The highest BCUT2D eigenvalue weighted by Crippen LogP contribution is 2.49. The van der Waals surface area contributed by atoms with E-state index in [1.807, 2.05) is 69.3 Å². The van der Waals surface area contributed by atoms with E-state index in [1.54, 1.807) is 7.11 Å². The van der Waals surface area contributed by atoms with Crippen LogP contribution in [0.25, 0.3) is 0 Å². The summed E-state index contributed by atoms with van der Waals surface area (Å²) in [4.78, 5) is 26.1. The van der Waals surface area contributed by atoms with Crippen molar-refractivity contribution in [2.24, 2.45) is 23.7 Å². The minimum absolute atomic E-state index is 0.0280. The van der Waals surface area contributed by atoms with Crippen LogP contribution in [0, 0.1) is 23.7 Å². The van der Waals surface area contributed by atoms with Crippen molar-refractivity contribution in [2.75, 3.05) is 7.11 Å². The summed E-state index contributed by atoms with van der Waals surface area (Å²) in [6.07, 6.45) is 8.32. The lowest BCUT2D eigenvalue weighted by molar-refractivity contribution is -0.230. The lowest BCUT2D eigenvalue weighted by Gasteiger charge is -2.40. The van der Waals surface area contributed by atoms with Gasteiger partial charge in [0.25, 0.3) is 5.79 Å². The van der Waals surface area contributed by atoms with E-state index in [1.165, 1.54) is 0 Å². The maximum absolute atomic E-state index is 13.1. The van der Waals surface area contributed by atoms with Crippen LogP contribution in [-0.2, 0) is 30.2 Å². The zero-order chi connectivity index (χ0) is 24.7. The number of carbonyl (C=O) groups excluding carboxylic acids is 2. The van der Waals surface area contributed by atoms with Gasteiger partial charge in [-0.2, -0.15) is 0 Å². The van der Waals surface area contributed by atoms with Gasteiger partial charge in [-0.3, -0.25) is 9.59 Å². The SMILES string of the molecule is COC1CC2C(C)=CC(=O)C(C(C)C)C2C=C(C)C2(OC(=O)Cc3ccccc3)C=CC1(C)O2. The van der Waals surface area contributed by atoms with Crippen LogP contribution < -0.4 is 0 Å². The Hall–Kier alpha value is -2.50. The molecule has 0 aromatic heterocycles. The van der Waals surface area contributed by atoms with E-state index >= 15 is 0 Å². The van der Waals surface area contributed by atoms with Crippen LogP contribution in [0.15, 0.2) is 65.8 Å². The summed E-state index contributed by atoms with van der Waals surface area (Å²) in [5.74, 6) is -1.40. The number of ether oxygens (including phenoxy) is 3. The number of carbonyl (C=O) groups is 2. The van der Waals surface area contributed by atoms with Gasteiger partial charge in [-0.1, -0.05) is 55.8 Å². The van der Waals surface area contributed by atoms with Gasteiger partial charge in [-0.25, -0.2) is 0 Å². The van der Waals surface area contributed by atoms with Crippen molar-refractivity contribution in [1.29, 1.82) is 0 Å². The Labute approximate surface area is 202 Å². The molecule has 6 unspecified atom stereocenters. The van der Waals surface area contributed by atoms with Crippen LogP contribution in [0.4, 0.5) is 0 Å². The third-order valence-electron chi connectivity index (χ3n) is 7.73. The lowest BCUT2D eigenvalue weighted by Crippen LogP contribution is -2.47. The van der Waals surface area contributed by atoms with E-state index in [0.717, 1.165) is 16.7 Å². The molecule has 0 fully saturated rings. The van der Waals surface area contributed by atoms with Crippen LogP contribution >= 0.6 is 0 Å². The average Bonchev–Trinajstić information content (AvgIpc) is 3.12. The van der Waals surface area contributed by atoms with E-state index in [-0.39, 0.29) is 47.9 Å². The molecule has 2 bridgehead atoms. The number of ketones is 1. The molecule has 2 heterocycles. The van der Waals surface area contributed by atoms with Crippen molar-refractivity contribution in [3.63, 3.8) is 0 Å². The van der Waals surface area contributed by atoms with Gasteiger partial charge in [-0.05, 0) is 74.3 Å². The highest BCUT2D eigenvalue weighted by atomic mass is 16.7. The van der Waals surface area contributed by atoms with Crippen LogP contribution in [0.3, 0.4) is 0 Å². The highest BCUT2D eigenvalue weighted by Gasteiger charge is 2.53. The molecule has 2 aliphatic heterocycles. The lowest BCUT2D eigenvalue weighted by atomic mass is 9.65. The smallest absolute Gasteiger partial charge is 0.313 e. The molecule has 182 valence electrons. The number of fused-ring (bicyclic) bond motifs is 3. The molecule has 1 aromatic rings. The Bertz CT molecular complexity index is 1040. The Balaban J connectivity index is 1.76. The second-order valence-electron chi connectivity index (χ2n) is 10.5. The molecule has 0 radical (unpaired) electrons. The fourth-order valence-corrected chi connectivity index (χ4v) is 5.86. The fraction of sp³-hybridized carbons (Fsp3) is 0.517. The van der Waals surface area contributed by atoms with Crippen LogP contribution in [0.2, 0.25) is 0 Å². The Morgan fingerprint density at radius 1 is 1.18 bits per heavy atom. The van der Waals surface area contributed by atoms with Crippen molar-refractivity contribution in [1.82, 2.24) is 0 Å². The van der Waals surface area contributed by atoms with Gasteiger partial charge in [0.15, 0.2) is 5.78 Å². The van der Waals surface area contributed by atoms with Gasteiger partial charge in [0.2, 0.25) is 0 Å². The number of rotatable bonds is 5. The van der Waals surface area contributed by atoms with Gasteiger partial charge in [0.1, 0.15) is 5.60 Å². The normalized spacial score (nSPS) is 35.1. The number of benzene rings is 1. The van der Waals surface area contributed by atoms with Gasteiger partial charge in [0.05, 0.1) is 12.5 Å². The zero-order valence-electron chi connectivity index (χ0n) is 21.0. The van der Waals surface area contributed by atoms with Gasteiger partial charge in [-0.15, -0.1) is 0 Å². The molecule has 1 aromatic carbocycles. The molecule has 5 heteroatoms. The fourth-order valence-electron chi connectivity index (χ4n) is 5.86. The van der Waals surface area contributed by atoms with Gasteiger partial charge in [0, 0.05) is 13.0 Å². The topological polar surface area (TPSA) is 61.8 Å². The third kappa shape index (κ3) is 4.44. The predicted octanol–water partition coefficient (Wildman–Crippen LogP) is 5.21. The maximum atomic E-state index is 13.1. The maximum Gasteiger partial charge on any atom is 0.313 e. The molecule has 0 N–H and O–H groups in total. The highest BCUT2D eigenvalue weighted by molar-refractivity contribution is 5.94. The van der Waals surface area contributed by atoms with Crippen molar-refractivity contribution in [2.45, 2.75) is 65.0 Å². The molecular weight excluding hydrogens is 428 g/mol. The van der Waals surface area contributed by atoms with Crippen LogP contribution in [0.1, 0.15) is 46.6 Å². The molecule has 0 spiro atoms. The summed E-state index contributed by atoms with van der Waals surface area (Å²) >= 11 is 0. The molecular formula is C29H36O5. The first-order valence-electron chi connectivity index (χ1n) is 12.2. The van der Waals surface area contributed by atoms with E-state index in [4.69, 9.17) is 14.2 Å². The van der Waals surface area contributed by atoms with E-state index in [2.05, 4.69) is 19.9 Å². The summed E-state index contributed by atoms with van der Waals surface area (Å²) in [6.45, 7) is 10.1. The Morgan fingerprint density at radius 3 is 2.53 bits per heavy atom. The van der Waals surface area contributed by atoms with Crippen LogP contribution in [0.5, 0.6) is 0 Å². The number of hydrogen-bond acceptors (Lipinski definition) is 5. The Morgan fingerprint density at radius 2 is 1.88 bits per heavy atom. The van der Waals surface area contributed by atoms with E-state index < -0.39 is 11.4 Å². The monoisotopic (exact) mass is 464 g/mol. The molecule has 6 atom stereocenters. The molecule has 4 rings (SSSR count). The van der Waals surface area contributed by atoms with E-state index in [9.17, 15) is 9.59 Å². The summed E-state index contributed by atoms with van der Waals surface area (Å²) < 4.78 is 18.7. The summed E-state index contributed by atoms with van der Waals surface area (Å²) in [5, 5.41) is 0. The van der Waals surface area contributed by atoms with Crippen molar-refractivity contribution < 1.29 is 23.8 Å². The van der Waals surface area contributed by atoms with Crippen molar-refractivity contribution in [3.8, 4) is 0 Å². The van der Waals surface area contributed by atoms with Crippen molar-refractivity contribution >= 4 is 11.8 Å². The number of esters is 1. The molecule has 34 heavy (non-hydrogen) atoms. The zero-order valence-corrected chi connectivity index (χ0v) is 21.0. The second kappa shape index (κ2) is 9.27. The number of hydrogen-bond donors (Lipinski definition) is 0. The van der Waals surface area contributed by atoms with Gasteiger partial charge < -0.3 is 14.2 Å². The summed E-state index contributed by atoms with van der Waals surface area (Å²) in [5.41, 5.74) is 1.96. The Kier molecular flexibility index (Phi) is 6.71. The standard InChI is InChI=1S/C29H36O5/c1-18(2)27-23-15-20(4)29(33-26(31)16-21-10-8-7-9-11-21)13-12-28(5,34-29)25(32-6)17-22(23)19(3)14-24(27)30/h7-15,18,22-23,25,27H,16-17H2,1-6H3. The van der Waals surface area contributed by atoms with E-state index in [0.29, 0.717) is 6.42 Å². The average molecular weight is 465 g/mol. The minimum Gasteiger partial charge on any atom is -0.425 e. The molecule has 0 saturated heterocycles. The first-order chi connectivity index (χ1) is 16.1. The first-order valence-corrected chi connectivity index (χ1v) is 12.2. The summed E-state index contributed by atoms with van der Waals surface area (Å²) in [6, 6.07) is 9.53. The minimum atomic E-state index is -1.33. The van der Waals surface area contributed by atoms with Crippen LogP contribution in [-0.4, -0.2) is 36.4 Å². The first kappa shape index (κ1) is 24.6. The molecule has 1 aliphatic carbocycles. The predicted molar refractivity (Wildman–Crippen MR) is 131 cm³/mol. The van der Waals surface area contributed by atoms with Gasteiger partial charge >= 0.3 is 5.97 Å². The summed E-state index contributed by atoms with van der Waals surface area (Å²) in [7, 11) is 1.69. The quantitative estimate of drug-likeness (QED) is 0.442. The second-order valence-corrected chi connectivity index (χ2v) is 10.5. The third-order valence-corrected chi connectivity index (χ3v) is 7.73. The molecule has 0 saturated carbocycles. The molecule has 3 aliphatic rings. The largest absolute Gasteiger partial charge is 0.425 e. The number of allylic oxidation sites excluding steroid dienone is 3. The molecule has 0 amide bonds. The molecule has 5 nitrogen and oxygen atoms in total.